The summed E-state index contributed by atoms with van der Waals surface area (Å²) in [5, 5.41) is 11.0. The topological polar surface area (TPSA) is 56.8 Å². The van der Waals surface area contributed by atoms with Gasteiger partial charge in [0.1, 0.15) is 5.75 Å². The zero-order valence-electron chi connectivity index (χ0n) is 12.6. The lowest BCUT2D eigenvalue weighted by molar-refractivity contribution is -0.958. The third-order valence-electron chi connectivity index (χ3n) is 5.34. The van der Waals surface area contributed by atoms with Crippen LogP contribution in [0.3, 0.4) is 0 Å². The first-order valence-electron chi connectivity index (χ1n) is 8.23. The summed E-state index contributed by atoms with van der Waals surface area (Å²) in [6.07, 6.45) is 9.19. The third kappa shape index (κ3) is 2.03. The van der Waals surface area contributed by atoms with Gasteiger partial charge in [-0.05, 0) is 31.4 Å². The molecule has 2 fully saturated rings. The number of nitro groups is 1. The molecular formula is C17H21N2O3+. The van der Waals surface area contributed by atoms with E-state index in [1.807, 2.05) is 0 Å². The van der Waals surface area contributed by atoms with Crippen molar-refractivity contribution in [3.8, 4) is 5.75 Å². The fraction of sp³-hybridized carbons (Fsp3) is 0.529. The number of nitrogens with one attached hydrogen (secondary N) is 1. The molecule has 1 N–H and O–H groups in total. The monoisotopic (exact) mass is 301 g/mol. The van der Waals surface area contributed by atoms with Gasteiger partial charge in [-0.15, -0.1) is 0 Å². The molecule has 0 bridgehead atoms. The maximum absolute atomic E-state index is 11.0. The van der Waals surface area contributed by atoms with Crippen LogP contribution in [0.4, 0.5) is 5.69 Å². The Labute approximate surface area is 129 Å². The van der Waals surface area contributed by atoms with Crippen molar-refractivity contribution in [1.82, 2.24) is 0 Å². The molecule has 5 nitrogen and oxygen atoms in total. The van der Waals surface area contributed by atoms with Crippen molar-refractivity contribution in [2.24, 2.45) is 0 Å². The first-order chi connectivity index (χ1) is 10.7. The van der Waals surface area contributed by atoms with E-state index >= 15 is 0 Å². The summed E-state index contributed by atoms with van der Waals surface area (Å²) in [5.41, 5.74) is 2.12. The molecule has 22 heavy (non-hydrogen) atoms. The zero-order valence-corrected chi connectivity index (χ0v) is 12.6. The van der Waals surface area contributed by atoms with E-state index in [-0.39, 0.29) is 16.3 Å². The highest BCUT2D eigenvalue weighted by Gasteiger charge is 2.50. The number of nitrogens with zero attached hydrogens (tertiary/aromatic N) is 1. The largest absolute Gasteiger partial charge is 0.436 e. The highest BCUT2D eigenvalue weighted by atomic mass is 16.6. The summed E-state index contributed by atoms with van der Waals surface area (Å²) < 4.78 is 6.51. The van der Waals surface area contributed by atoms with Crippen molar-refractivity contribution in [2.75, 3.05) is 13.1 Å². The molecule has 2 aliphatic heterocycles. The van der Waals surface area contributed by atoms with Crippen LogP contribution in [0, 0.1) is 10.1 Å². The molecule has 0 radical (unpaired) electrons. The summed E-state index contributed by atoms with van der Waals surface area (Å²) in [7, 11) is 0. The van der Waals surface area contributed by atoms with Crippen LogP contribution in [0.15, 0.2) is 23.8 Å². The summed E-state index contributed by atoms with van der Waals surface area (Å²) in [6.45, 7) is 2.33. The third-order valence-corrected chi connectivity index (χ3v) is 5.34. The van der Waals surface area contributed by atoms with Gasteiger partial charge in [-0.1, -0.05) is 0 Å². The number of fused-ring (bicyclic) bond motifs is 2. The maximum atomic E-state index is 11.0. The van der Waals surface area contributed by atoms with E-state index in [4.69, 9.17) is 4.74 Å². The molecule has 116 valence electrons. The molecule has 5 heteroatoms. The van der Waals surface area contributed by atoms with E-state index < -0.39 is 0 Å². The van der Waals surface area contributed by atoms with Crippen molar-refractivity contribution in [3.05, 3.63) is 39.4 Å². The van der Waals surface area contributed by atoms with E-state index in [9.17, 15) is 10.1 Å². The van der Waals surface area contributed by atoms with Crippen LogP contribution < -0.4 is 9.64 Å². The van der Waals surface area contributed by atoms with E-state index in [0.29, 0.717) is 0 Å². The van der Waals surface area contributed by atoms with Gasteiger partial charge in [-0.25, -0.2) is 0 Å². The number of likely N-dealkylation sites (tertiary alicyclic amines) is 1. The minimum atomic E-state index is -0.340. The molecule has 2 heterocycles. The van der Waals surface area contributed by atoms with Crippen LogP contribution in [0.1, 0.15) is 44.1 Å². The summed E-state index contributed by atoms with van der Waals surface area (Å²) in [5.74, 6) is 0.802. The smallest absolute Gasteiger partial charge is 0.270 e. The van der Waals surface area contributed by atoms with Gasteiger partial charge in [-0.3, -0.25) is 15.0 Å². The van der Waals surface area contributed by atoms with Crippen molar-refractivity contribution < 1.29 is 14.6 Å². The molecule has 1 atom stereocenters. The Kier molecular flexibility index (Phi) is 3.18. The Morgan fingerprint density at radius 1 is 1.18 bits per heavy atom. The predicted molar refractivity (Wildman–Crippen MR) is 82.8 cm³/mol. The number of rotatable bonds is 2. The fourth-order valence-corrected chi connectivity index (χ4v) is 4.27. The van der Waals surface area contributed by atoms with Crippen LogP contribution in [0.5, 0.6) is 5.75 Å². The minimum Gasteiger partial charge on any atom is -0.436 e. The maximum Gasteiger partial charge on any atom is 0.270 e. The normalized spacial score (nSPS) is 27.5. The molecule has 3 aliphatic rings. The van der Waals surface area contributed by atoms with Gasteiger partial charge < -0.3 is 4.74 Å². The second kappa shape index (κ2) is 5.09. The average Bonchev–Trinajstić information content (AvgIpc) is 3.07. The summed E-state index contributed by atoms with van der Waals surface area (Å²) in [6, 6.07) is 4.96. The molecule has 0 aromatic heterocycles. The summed E-state index contributed by atoms with van der Waals surface area (Å²) in [4.78, 5) is 12.2. The van der Waals surface area contributed by atoms with Gasteiger partial charge in [0.15, 0.2) is 0 Å². The van der Waals surface area contributed by atoms with E-state index in [1.54, 1.807) is 23.1 Å². The molecule has 4 rings (SSSR count). The summed E-state index contributed by atoms with van der Waals surface area (Å²) >= 11 is 0. The highest BCUT2D eigenvalue weighted by Crippen LogP contribution is 2.41. The molecule has 0 amide bonds. The number of ether oxygens (including phenoxy) is 1. The Balaban J connectivity index is 1.78. The first kappa shape index (κ1) is 13.8. The standard InChI is InChI=1S/C17H20N2O3/c20-19(21)15-6-7-16-13(12-15)11-14-5-1-2-8-17(14,22-16)18-9-3-4-10-18/h6-7,11-12H,1-5,8-10H2/p+1. The van der Waals surface area contributed by atoms with Crippen LogP contribution in [-0.2, 0) is 0 Å². The second-order valence-electron chi connectivity index (χ2n) is 6.60. The van der Waals surface area contributed by atoms with Gasteiger partial charge in [0, 0.05) is 42.5 Å². The van der Waals surface area contributed by atoms with Gasteiger partial charge in [0.05, 0.1) is 18.0 Å². The van der Waals surface area contributed by atoms with E-state index in [2.05, 4.69) is 6.08 Å². The fourth-order valence-electron chi connectivity index (χ4n) is 4.27. The van der Waals surface area contributed by atoms with Crippen molar-refractivity contribution >= 4 is 11.8 Å². The molecule has 1 aromatic rings. The average molecular weight is 301 g/mol. The molecular weight excluding hydrogens is 280 g/mol. The number of non-ortho nitro benzene ring substituents is 1. The molecule has 1 aromatic carbocycles. The Morgan fingerprint density at radius 3 is 2.77 bits per heavy atom. The van der Waals surface area contributed by atoms with Crippen LogP contribution >= 0.6 is 0 Å². The zero-order chi connectivity index (χ0) is 15.2. The van der Waals surface area contributed by atoms with Crippen LogP contribution in [0.2, 0.25) is 0 Å². The number of benzene rings is 1. The number of quaternary nitrogens is 1. The predicted octanol–water partition coefficient (Wildman–Crippen LogP) is 2.32. The SMILES string of the molecule is O=[N+]([O-])c1ccc2c(c1)C=C1CCCCC1([NH+]1CCCC1)O2. The van der Waals surface area contributed by atoms with Gasteiger partial charge >= 0.3 is 0 Å². The van der Waals surface area contributed by atoms with Crippen LogP contribution in [0.25, 0.3) is 6.08 Å². The van der Waals surface area contributed by atoms with E-state index in [0.717, 1.165) is 24.2 Å². The Bertz CT molecular complexity index is 649. The first-order valence-corrected chi connectivity index (χ1v) is 8.23. The van der Waals surface area contributed by atoms with E-state index in [1.165, 1.54) is 44.3 Å². The molecule has 1 unspecified atom stereocenters. The quantitative estimate of drug-likeness (QED) is 0.674. The minimum absolute atomic E-state index is 0.135. The highest BCUT2D eigenvalue weighted by molar-refractivity contribution is 5.66. The lowest BCUT2D eigenvalue weighted by Crippen LogP contribution is -3.20. The van der Waals surface area contributed by atoms with Gasteiger partial charge in [-0.2, -0.15) is 0 Å². The van der Waals surface area contributed by atoms with Crippen LogP contribution in [-0.4, -0.2) is 23.7 Å². The van der Waals surface area contributed by atoms with Gasteiger partial charge in [0.25, 0.3) is 11.4 Å². The lowest BCUT2D eigenvalue weighted by Gasteiger charge is -2.44. The molecule has 0 spiro atoms. The number of nitro benzene ring substituents is 1. The number of hydrogen-bond acceptors (Lipinski definition) is 3. The van der Waals surface area contributed by atoms with Crippen molar-refractivity contribution in [2.45, 2.75) is 44.2 Å². The van der Waals surface area contributed by atoms with Gasteiger partial charge in [0.2, 0.25) is 0 Å². The molecule has 1 saturated carbocycles. The Morgan fingerprint density at radius 2 is 2.00 bits per heavy atom. The number of hydrogen-bond donors (Lipinski definition) is 1. The van der Waals surface area contributed by atoms with Crippen molar-refractivity contribution in [1.29, 1.82) is 0 Å². The molecule has 1 aliphatic carbocycles. The second-order valence-corrected chi connectivity index (χ2v) is 6.60. The Hall–Kier alpha value is -1.88. The lowest BCUT2D eigenvalue weighted by atomic mass is 9.82. The van der Waals surface area contributed by atoms with Crippen molar-refractivity contribution in [3.63, 3.8) is 0 Å². The molecule has 1 saturated heterocycles.